The molecular weight excluding hydrogens is 412 g/mol. The van der Waals surface area contributed by atoms with Gasteiger partial charge in [-0.3, -0.25) is 9.59 Å². The van der Waals surface area contributed by atoms with Crippen molar-refractivity contribution in [3.05, 3.63) is 42.7 Å². The third kappa shape index (κ3) is 4.10. The Balaban J connectivity index is 1.21. The zero-order valence-corrected chi connectivity index (χ0v) is 17.9. The molecule has 2 amide bonds. The first-order valence-electron chi connectivity index (χ1n) is 10.7. The number of nitrogens with one attached hydrogen (secondary N) is 1. The van der Waals surface area contributed by atoms with E-state index in [1.165, 1.54) is 11.3 Å². The molecule has 2 aromatic heterocycles. The van der Waals surface area contributed by atoms with Crippen LogP contribution >= 0.6 is 11.3 Å². The first kappa shape index (κ1) is 19.9. The van der Waals surface area contributed by atoms with Gasteiger partial charge in [0.2, 0.25) is 17.8 Å². The lowest BCUT2D eigenvalue weighted by Crippen LogP contribution is -2.48. The van der Waals surface area contributed by atoms with Crippen LogP contribution in [0, 0.1) is 5.92 Å². The molecule has 1 atom stereocenters. The number of nitrogens with zero attached hydrogens (tertiary/aromatic N) is 5. The van der Waals surface area contributed by atoms with Crippen molar-refractivity contribution < 1.29 is 9.59 Å². The normalized spacial score (nSPS) is 19.7. The number of thiazole rings is 1. The van der Waals surface area contributed by atoms with Crippen molar-refractivity contribution in [2.24, 2.45) is 5.92 Å². The molecular formula is C22H24N6O2S. The van der Waals surface area contributed by atoms with Crippen LogP contribution in [0.4, 0.5) is 11.1 Å². The second-order valence-electron chi connectivity index (χ2n) is 7.98. The van der Waals surface area contributed by atoms with E-state index in [2.05, 4.69) is 25.2 Å². The SMILES string of the molecule is O=C(Nc1nc2ccccc2s1)C1CCCN1C(=O)C1CCN(c2ncccn2)CC1. The molecule has 31 heavy (non-hydrogen) atoms. The summed E-state index contributed by atoms with van der Waals surface area (Å²) in [7, 11) is 0. The lowest BCUT2D eigenvalue weighted by molar-refractivity contribution is -0.140. The van der Waals surface area contributed by atoms with Crippen LogP contribution in [0.5, 0.6) is 0 Å². The summed E-state index contributed by atoms with van der Waals surface area (Å²) in [5, 5.41) is 3.52. The molecule has 1 aromatic carbocycles. The Morgan fingerprint density at radius 1 is 1.00 bits per heavy atom. The summed E-state index contributed by atoms with van der Waals surface area (Å²) in [5.74, 6) is 0.606. The summed E-state index contributed by atoms with van der Waals surface area (Å²) in [5.41, 5.74) is 0.872. The fourth-order valence-corrected chi connectivity index (χ4v) is 5.30. The lowest BCUT2D eigenvalue weighted by Gasteiger charge is -2.34. The molecule has 0 radical (unpaired) electrons. The molecule has 1 unspecified atom stereocenters. The highest BCUT2D eigenvalue weighted by Gasteiger charge is 2.38. The number of para-hydroxylation sites is 1. The number of benzene rings is 1. The predicted octanol–water partition coefficient (Wildman–Crippen LogP) is 2.93. The molecule has 9 heteroatoms. The van der Waals surface area contributed by atoms with Crippen molar-refractivity contribution >= 4 is 44.4 Å². The zero-order valence-electron chi connectivity index (χ0n) is 17.1. The Bertz CT molecular complexity index is 1050. The Labute approximate surface area is 184 Å². The number of carbonyl (C=O) groups excluding carboxylic acids is 2. The minimum absolute atomic E-state index is 0.0594. The smallest absolute Gasteiger partial charge is 0.248 e. The van der Waals surface area contributed by atoms with Gasteiger partial charge in [0.05, 0.1) is 10.2 Å². The maximum absolute atomic E-state index is 13.2. The summed E-state index contributed by atoms with van der Waals surface area (Å²) < 4.78 is 1.03. The molecule has 2 aliphatic heterocycles. The van der Waals surface area contributed by atoms with E-state index in [0.717, 1.165) is 42.6 Å². The average molecular weight is 437 g/mol. The second-order valence-corrected chi connectivity index (χ2v) is 9.01. The van der Waals surface area contributed by atoms with Gasteiger partial charge in [-0.15, -0.1) is 0 Å². The fraction of sp³-hybridized carbons (Fsp3) is 0.409. The summed E-state index contributed by atoms with van der Waals surface area (Å²) >= 11 is 1.46. The number of hydrogen-bond donors (Lipinski definition) is 1. The van der Waals surface area contributed by atoms with Crippen LogP contribution < -0.4 is 10.2 Å². The fourth-order valence-electron chi connectivity index (χ4n) is 4.43. The third-order valence-electron chi connectivity index (χ3n) is 6.04. The quantitative estimate of drug-likeness (QED) is 0.676. The van der Waals surface area contributed by atoms with Crippen LogP contribution in [0.15, 0.2) is 42.7 Å². The van der Waals surface area contributed by atoms with E-state index in [1.54, 1.807) is 23.4 Å². The molecule has 4 heterocycles. The number of aromatic nitrogens is 3. The number of likely N-dealkylation sites (tertiary alicyclic amines) is 1. The molecule has 3 aromatic rings. The summed E-state index contributed by atoms with van der Waals surface area (Å²) in [4.78, 5) is 43.2. The maximum atomic E-state index is 13.2. The predicted molar refractivity (Wildman–Crippen MR) is 120 cm³/mol. The van der Waals surface area contributed by atoms with E-state index in [9.17, 15) is 9.59 Å². The van der Waals surface area contributed by atoms with Gasteiger partial charge in [0.15, 0.2) is 5.13 Å². The van der Waals surface area contributed by atoms with Gasteiger partial charge in [0, 0.05) is 37.9 Å². The Morgan fingerprint density at radius 3 is 2.55 bits per heavy atom. The van der Waals surface area contributed by atoms with E-state index in [4.69, 9.17) is 0 Å². The molecule has 1 N–H and O–H groups in total. The van der Waals surface area contributed by atoms with Crippen LogP contribution in [-0.4, -0.2) is 57.3 Å². The first-order chi connectivity index (χ1) is 15.2. The third-order valence-corrected chi connectivity index (χ3v) is 6.99. The Morgan fingerprint density at radius 2 is 1.77 bits per heavy atom. The summed E-state index contributed by atoms with van der Waals surface area (Å²) in [6.07, 6.45) is 6.51. The molecule has 2 fully saturated rings. The van der Waals surface area contributed by atoms with Gasteiger partial charge in [-0.25, -0.2) is 15.0 Å². The van der Waals surface area contributed by atoms with Crippen LogP contribution in [0.25, 0.3) is 10.2 Å². The summed E-state index contributed by atoms with van der Waals surface area (Å²) in [6, 6.07) is 9.18. The number of carbonyl (C=O) groups is 2. The van der Waals surface area contributed by atoms with Gasteiger partial charge < -0.3 is 15.1 Å². The van der Waals surface area contributed by atoms with Crippen molar-refractivity contribution in [1.29, 1.82) is 0 Å². The average Bonchev–Trinajstić information content (AvgIpc) is 3.46. The summed E-state index contributed by atoms with van der Waals surface area (Å²) in [6.45, 7) is 2.13. The number of hydrogen-bond acceptors (Lipinski definition) is 7. The minimum atomic E-state index is -0.421. The topological polar surface area (TPSA) is 91.3 Å². The van der Waals surface area contributed by atoms with Gasteiger partial charge in [0.1, 0.15) is 6.04 Å². The van der Waals surface area contributed by atoms with Crippen LogP contribution in [0.2, 0.25) is 0 Å². The second kappa shape index (κ2) is 8.58. The highest BCUT2D eigenvalue weighted by Crippen LogP contribution is 2.29. The molecule has 160 valence electrons. The molecule has 0 aliphatic carbocycles. The molecule has 5 rings (SSSR count). The Hall–Kier alpha value is -3.07. The van der Waals surface area contributed by atoms with Crippen molar-refractivity contribution in [3.8, 4) is 0 Å². The number of anilines is 2. The lowest BCUT2D eigenvalue weighted by atomic mass is 9.95. The maximum Gasteiger partial charge on any atom is 0.248 e. The van der Waals surface area contributed by atoms with Gasteiger partial charge in [0.25, 0.3) is 0 Å². The van der Waals surface area contributed by atoms with E-state index < -0.39 is 6.04 Å². The highest BCUT2D eigenvalue weighted by atomic mass is 32.1. The van der Waals surface area contributed by atoms with E-state index >= 15 is 0 Å². The Kier molecular flexibility index (Phi) is 5.50. The molecule has 8 nitrogen and oxygen atoms in total. The van der Waals surface area contributed by atoms with E-state index in [1.807, 2.05) is 24.3 Å². The van der Waals surface area contributed by atoms with Crippen LogP contribution in [-0.2, 0) is 9.59 Å². The largest absolute Gasteiger partial charge is 0.341 e. The number of amides is 2. The molecule has 2 aliphatic rings. The molecule has 0 saturated carbocycles. The zero-order chi connectivity index (χ0) is 21.2. The standard InChI is InChI=1S/C22H24N6O2S/c29-19(26-22-25-16-5-1-2-7-18(16)31-22)17-6-3-12-28(17)20(30)15-8-13-27(14-9-15)21-23-10-4-11-24-21/h1-2,4-5,7,10-11,15,17H,3,6,8-9,12-14H2,(H,25,26,29). The first-order valence-corrected chi connectivity index (χ1v) is 11.5. The molecule has 0 bridgehead atoms. The van der Waals surface area contributed by atoms with Crippen molar-refractivity contribution in [2.45, 2.75) is 31.7 Å². The minimum Gasteiger partial charge on any atom is -0.341 e. The van der Waals surface area contributed by atoms with Crippen molar-refractivity contribution in [3.63, 3.8) is 0 Å². The van der Waals surface area contributed by atoms with Gasteiger partial charge in [-0.1, -0.05) is 23.5 Å². The molecule has 0 spiro atoms. The highest BCUT2D eigenvalue weighted by molar-refractivity contribution is 7.22. The number of rotatable bonds is 4. The van der Waals surface area contributed by atoms with Gasteiger partial charge >= 0.3 is 0 Å². The van der Waals surface area contributed by atoms with Gasteiger partial charge in [-0.05, 0) is 43.9 Å². The number of piperidine rings is 1. The van der Waals surface area contributed by atoms with Crippen molar-refractivity contribution in [2.75, 3.05) is 29.9 Å². The van der Waals surface area contributed by atoms with Crippen LogP contribution in [0.1, 0.15) is 25.7 Å². The van der Waals surface area contributed by atoms with Gasteiger partial charge in [-0.2, -0.15) is 0 Å². The van der Waals surface area contributed by atoms with E-state index in [-0.39, 0.29) is 17.7 Å². The van der Waals surface area contributed by atoms with Crippen LogP contribution in [0.3, 0.4) is 0 Å². The molecule has 2 saturated heterocycles. The van der Waals surface area contributed by atoms with Crippen molar-refractivity contribution in [1.82, 2.24) is 19.9 Å². The van der Waals surface area contributed by atoms with E-state index in [0.29, 0.717) is 24.0 Å². The monoisotopic (exact) mass is 436 g/mol. The number of fused-ring (bicyclic) bond motifs is 1.